The van der Waals surface area contributed by atoms with E-state index in [1.807, 2.05) is 16.5 Å². The van der Waals surface area contributed by atoms with Crippen molar-refractivity contribution in [1.82, 2.24) is 19.7 Å². The van der Waals surface area contributed by atoms with E-state index in [2.05, 4.69) is 10.2 Å². The van der Waals surface area contributed by atoms with Crippen molar-refractivity contribution in [3.05, 3.63) is 12.2 Å². The number of amides is 1. The van der Waals surface area contributed by atoms with Crippen LogP contribution in [0.1, 0.15) is 31.5 Å². The maximum atomic E-state index is 11.3. The van der Waals surface area contributed by atoms with E-state index in [-0.39, 0.29) is 5.91 Å². The summed E-state index contributed by atoms with van der Waals surface area (Å²) in [5.74, 6) is 1.48. The van der Waals surface area contributed by atoms with Crippen LogP contribution in [0.3, 0.4) is 0 Å². The molecule has 1 atom stereocenters. The zero-order valence-electron chi connectivity index (χ0n) is 9.18. The lowest BCUT2D eigenvalue weighted by Crippen LogP contribution is -2.38. The Morgan fingerprint density at radius 3 is 3.00 bits per heavy atom. The lowest BCUT2D eigenvalue weighted by Gasteiger charge is -2.31. The molecule has 2 rings (SSSR count). The number of hydrogen-bond acceptors (Lipinski definition) is 3. The summed E-state index contributed by atoms with van der Waals surface area (Å²) >= 11 is 0. The summed E-state index contributed by atoms with van der Waals surface area (Å²) in [5.41, 5.74) is 0. The molecule has 0 N–H and O–H groups in total. The molecule has 1 aliphatic heterocycles. The van der Waals surface area contributed by atoms with Crippen molar-refractivity contribution in [1.29, 1.82) is 0 Å². The van der Waals surface area contributed by atoms with Crippen molar-refractivity contribution in [2.24, 2.45) is 7.05 Å². The molecule has 1 aromatic heterocycles. The van der Waals surface area contributed by atoms with E-state index in [9.17, 15) is 4.79 Å². The number of aromatic nitrogens is 3. The van der Waals surface area contributed by atoms with Gasteiger partial charge in [-0.05, 0) is 12.8 Å². The van der Waals surface area contributed by atoms with Gasteiger partial charge in [-0.3, -0.25) is 4.79 Å². The SMILES string of the molecule is CC(=O)N1CCC[C@H](c2nncn2C)C1. The first-order chi connectivity index (χ1) is 7.18. The number of hydrogen-bond donors (Lipinski definition) is 0. The summed E-state index contributed by atoms with van der Waals surface area (Å²) in [6.45, 7) is 3.28. The Kier molecular flexibility index (Phi) is 2.70. The maximum Gasteiger partial charge on any atom is 0.219 e. The van der Waals surface area contributed by atoms with E-state index in [0.717, 1.165) is 31.8 Å². The number of aryl methyl sites for hydroxylation is 1. The van der Waals surface area contributed by atoms with Crippen LogP contribution in [0, 0.1) is 0 Å². The van der Waals surface area contributed by atoms with E-state index in [1.165, 1.54) is 0 Å². The number of carbonyl (C=O) groups is 1. The van der Waals surface area contributed by atoms with E-state index in [1.54, 1.807) is 13.3 Å². The van der Waals surface area contributed by atoms with Crippen LogP contribution in [-0.2, 0) is 11.8 Å². The molecule has 1 amide bonds. The molecule has 1 fully saturated rings. The van der Waals surface area contributed by atoms with Crippen molar-refractivity contribution < 1.29 is 4.79 Å². The van der Waals surface area contributed by atoms with Gasteiger partial charge in [0.1, 0.15) is 12.2 Å². The lowest BCUT2D eigenvalue weighted by atomic mass is 9.97. The molecule has 2 heterocycles. The Hall–Kier alpha value is -1.39. The number of piperidine rings is 1. The maximum absolute atomic E-state index is 11.3. The van der Waals surface area contributed by atoms with Crippen molar-refractivity contribution in [3.8, 4) is 0 Å². The van der Waals surface area contributed by atoms with E-state index in [4.69, 9.17) is 0 Å². The Bertz CT molecular complexity index is 360. The van der Waals surface area contributed by atoms with E-state index < -0.39 is 0 Å². The Morgan fingerprint density at radius 1 is 1.60 bits per heavy atom. The number of likely N-dealkylation sites (tertiary alicyclic amines) is 1. The number of carbonyl (C=O) groups excluding carboxylic acids is 1. The van der Waals surface area contributed by atoms with Gasteiger partial charge in [0.25, 0.3) is 0 Å². The van der Waals surface area contributed by atoms with Crippen LogP contribution in [-0.4, -0.2) is 38.7 Å². The molecular weight excluding hydrogens is 192 g/mol. The van der Waals surface area contributed by atoms with Crippen LogP contribution in [0.5, 0.6) is 0 Å². The molecule has 0 aromatic carbocycles. The molecular formula is C10H16N4O. The first-order valence-corrected chi connectivity index (χ1v) is 5.28. The molecule has 0 bridgehead atoms. The average Bonchev–Trinajstić information content (AvgIpc) is 2.64. The standard InChI is InChI=1S/C10H16N4O/c1-8(15)14-5-3-4-9(6-14)10-12-11-7-13(10)2/h7,9H,3-6H2,1-2H3/t9-/m0/s1. The van der Waals surface area contributed by atoms with Gasteiger partial charge < -0.3 is 9.47 Å². The zero-order chi connectivity index (χ0) is 10.8. The van der Waals surface area contributed by atoms with Crippen molar-refractivity contribution in [2.45, 2.75) is 25.7 Å². The van der Waals surface area contributed by atoms with Crippen LogP contribution < -0.4 is 0 Å². The molecule has 0 spiro atoms. The van der Waals surface area contributed by atoms with Gasteiger partial charge in [-0.1, -0.05) is 0 Å². The van der Waals surface area contributed by atoms with E-state index in [0.29, 0.717) is 5.92 Å². The third kappa shape index (κ3) is 2.00. The molecule has 1 aromatic rings. The van der Waals surface area contributed by atoms with Gasteiger partial charge in [0, 0.05) is 33.0 Å². The van der Waals surface area contributed by atoms with Crippen LogP contribution >= 0.6 is 0 Å². The Labute approximate surface area is 89.1 Å². The van der Waals surface area contributed by atoms with Crippen LogP contribution in [0.4, 0.5) is 0 Å². The molecule has 82 valence electrons. The van der Waals surface area contributed by atoms with Crippen LogP contribution in [0.15, 0.2) is 6.33 Å². The summed E-state index contributed by atoms with van der Waals surface area (Å²) in [4.78, 5) is 13.2. The molecule has 5 heteroatoms. The zero-order valence-corrected chi connectivity index (χ0v) is 9.18. The summed E-state index contributed by atoms with van der Waals surface area (Å²) in [6, 6.07) is 0. The summed E-state index contributed by atoms with van der Waals surface area (Å²) in [6.07, 6.45) is 3.86. The first kappa shape index (κ1) is 10.1. The highest BCUT2D eigenvalue weighted by Crippen LogP contribution is 2.24. The van der Waals surface area contributed by atoms with Crippen LogP contribution in [0.25, 0.3) is 0 Å². The normalized spacial score (nSPS) is 21.7. The molecule has 0 aliphatic carbocycles. The van der Waals surface area contributed by atoms with Crippen LogP contribution in [0.2, 0.25) is 0 Å². The second-order valence-electron chi connectivity index (χ2n) is 4.10. The van der Waals surface area contributed by atoms with Gasteiger partial charge in [0.15, 0.2) is 0 Å². The minimum atomic E-state index is 0.155. The monoisotopic (exact) mass is 208 g/mol. The Balaban J connectivity index is 2.11. The fourth-order valence-electron chi connectivity index (χ4n) is 2.14. The second-order valence-corrected chi connectivity index (χ2v) is 4.10. The fourth-order valence-corrected chi connectivity index (χ4v) is 2.14. The topological polar surface area (TPSA) is 51.0 Å². The predicted octanol–water partition coefficient (Wildman–Crippen LogP) is 0.541. The van der Waals surface area contributed by atoms with Gasteiger partial charge in [-0.25, -0.2) is 0 Å². The van der Waals surface area contributed by atoms with Crippen molar-refractivity contribution >= 4 is 5.91 Å². The molecule has 5 nitrogen and oxygen atoms in total. The second kappa shape index (κ2) is 4.00. The van der Waals surface area contributed by atoms with Crippen molar-refractivity contribution in [3.63, 3.8) is 0 Å². The highest BCUT2D eigenvalue weighted by molar-refractivity contribution is 5.73. The third-order valence-electron chi connectivity index (χ3n) is 2.98. The summed E-state index contributed by atoms with van der Waals surface area (Å²) in [5, 5.41) is 7.98. The highest BCUT2D eigenvalue weighted by Gasteiger charge is 2.25. The minimum Gasteiger partial charge on any atom is -0.342 e. The lowest BCUT2D eigenvalue weighted by molar-refractivity contribution is -0.130. The van der Waals surface area contributed by atoms with Crippen molar-refractivity contribution in [2.75, 3.05) is 13.1 Å². The molecule has 0 unspecified atom stereocenters. The Morgan fingerprint density at radius 2 is 2.40 bits per heavy atom. The molecule has 0 radical (unpaired) electrons. The summed E-state index contributed by atoms with van der Waals surface area (Å²) < 4.78 is 1.94. The predicted molar refractivity (Wildman–Crippen MR) is 55.2 cm³/mol. The number of nitrogens with zero attached hydrogens (tertiary/aromatic N) is 4. The smallest absolute Gasteiger partial charge is 0.219 e. The summed E-state index contributed by atoms with van der Waals surface area (Å²) in [7, 11) is 1.95. The van der Waals surface area contributed by atoms with Gasteiger partial charge in [-0.15, -0.1) is 10.2 Å². The quantitative estimate of drug-likeness (QED) is 0.677. The van der Waals surface area contributed by atoms with Gasteiger partial charge in [0.05, 0.1) is 0 Å². The number of rotatable bonds is 1. The van der Waals surface area contributed by atoms with Gasteiger partial charge in [-0.2, -0.15) is 0 Å². The molecule has 15 heavy (non-hydrogen) atoms. The first-order valence-electron chi connectivity index (χ1n) is 5.28. The molecule has 1 aliphatic rings. The third-order valence-corrected chi connectivity index (χ3v) is 2.98. The average molecular weight is 208 g/mol. The van der Waals surface area contributed by atoms with E-state index >= 15 is 0 Å². The fraction of sp³-hybridized carbons (Fsp3) is 0.700. The molecule has 1 saturated heterocycles. The minimum absolute atomic E-state index is 0.155. The van der Waals surface area contributed by atoms with Gasteiger partial charge in [0.2, 0.25) is 5.91 Å². The van der Waals surface area contributed by atoms with Gasteiger partial charge >= 0.3 is 0 Å². The molecule has 0 saturated carbocycles. The highest BCUT2D eigenvalue weighted by atomic mass is 16.2. The largest absolute Gasteiger partial charge is 0.342 e.